The molecule has 0 spiro atoms. The van der Waals surface area contributed by atoms with Crippen LogP contribution < -0.4 is 5.43 Å². The molecule has 0 amide bonds. The van der Waals surface area contributed by atoms with Crippen molar-refractivity contribution in [3.8, 4) is 5.69 Å². The van der Waals surface area contributed by atoms with Gasteiger partial charge in [0.2, 0.25) is 0 Å². The second-order valence-corrected chi connectivity index (χ2v) is 5.22. The zero-order valence-electron chi connectivity index (χ0n) is 13.1. The number of anilines is 1. The Morgan fingerprint density at radius 3 is 2.74 bits per heavy atom. The minimum Gasteiger partial charge on any atom is -0.279 e. The van der Waals surface area contributed by atoms with Gasteiger partial charge in [-0.15, -0.1) is 5.10 Å². The number of aryl methyl sites for hydroxylation is 1. The van der Waals surface area contributed by atoms with E-state index in [2.05, 4.69) is 46.0 Å². The highest BCUT2D eigenvalue weighted by Gasteiger charge is 2.06. The van der Waals surface area contributed by atoms with Crippen LogP contribution in [0.4, 0.5) is 5.69 Å². The lowest BCUT2D eigenvalue weighted by molar-refractivity contribution is 0.776. The third kappa shape index (κ3) is 3.42. The van der Waals surface area contributed by atoms with Crippen LogP contribution in [0.5, 0.6) is 0 Å². The smallest absolute Gasteiger partial charge is 0.162 e. The molecule has 1 heterocycles. The predicted octanol–water partition coefficient (Wildman–Crippen LogP) is 2.92. The maximum absolute atomic E-state index is 4.27. The number of nitrogens with zero attached hydrogens (tertiary/aromatic N) is 5. The zero-order chi connectivity index (χ0) is 16.1. The van der Waals surface area contributed by atoms with Crippen molar-refractivity contribution in [2.24, 2.45) is 5.10 Å². The van der Waals surface area contributed by atoms with Crippen LogP contribution in [0.2, 0.25) is 0 Å². The molecular formula is C17H18N6. The number of para-hydroxylation sites is 1. The van der Waals surface area contributed by atoms with Crippen molar-refractivity contribution in [2.75, 3.05) is 5.43 Å². The average Bonchev–Trinajstić information content (AvgIpc) is 3.04. The lowest BCUT2D eigenvalue weighted by atomic mass is 10.1. The molecule has 1 aromatic heterocycles. The van der Waals surface area contributed by atoms with Crippen molar-refractivity contribution in [2.45, 2.75) is 20.3 Å². The van der Waals surface area contributed by atoms with Crippen molar-refractivity contribution >= 4 is 11.9 Å². The summed E-state index contributed by atoms with van der Waals surface area (Å²) in [7, 11) is 0. The highest BCUT2D eigenvalue weighted by molar-refractivity contribution is 5.63. The van der Waals surface area contributed by atoms with E-state index in [9.17, 15) is 0 Å². The van der Waals surface area contributed by atoms with E-state index in [4.69, 9.17) is 0 Å². The van der Waals surface area contributed by atoms with Crippen LogP contribution >= 0.6 is 0 Å². The van der Waals surface area contributed by atoms with E-state index >= 15 is 0 Å². The van der Waals surface area contributed by atoms with E-state index in [-0.39, 0.29) is 0 Å². The second kappa shape index (κ2) is 6.83. The Morgan fingerprint density at radius 1 is 1.09 bits per heavy atom. The van der Waals surface area contributed by atoms with Gasteiger partial charge in [0.15, 0.2) is 5.82 Å². The van der Waals surface area contributed by atoms with Gasteiger partial charge in [-0.1, -0.05) is 30.3 Å². The molecule has 6 nitrogen and oxygen atoms in total. The molecule has 0 aliphatic carbocycles. The minimum absolute atomic E-state index is 0.541. The van der Waals surface area contributed by atoms with Crippen molar-refractivity contribution in [1.29, 1.82) is 0 Å². The van der Waals surface area contributed by atoms with Gasteiger partial charge in [0.1, 0.15) is 0 Å². The number of aromatic nitrogens is 4. The van der Waals surface area contributed by atoms with Gasteiger partial charge in [0.05, 0.1) is 11.4 Å². The van der Waals surface area contributed by atoms with Crippen LogP contribution in [0.15, 0.2) is 53.6 Å². The van der Waals surface area contributed by atoms with E-state index in [1.54, 1.807) is 10.9 Å². The summed E-state index contributed by atoms with van der Waals surface area (Å²) in [5.41, 5.74) is 7.43. The van der Waals surface area contributed by atoms with Crippen LogP contribution in [0.25, 0.3) is 5.69 Å². The molecule has 2 aromatic carbocycles. The van der Waals surface area contributed by atoms with Gasteiger partial charge in [-0.3, -0.25) is 5.43 Å². The van der Waals surface area contributed by atoms with Gasteiger partial charge in [0.25, 0.3) is 0 Å². The Balaban J connectivity index is 1.68. The molecule has 0 aliphatic heterocycles. The topological polar surface area (TPSA) is 68.0 Å². The second-order valence-electron chi connectivity index (χ2n) is 5.22. The Bertz CT molecular complexity index is 807. The fourth-order valence-corrected chi connectivity index (χ4v) is 2.22. The zero-order valence-corrected chi connectivity index (χ0v) is 13.1. The Morgan fingerprint density at radius 2 is 1.91 bits per heavy atom. The number of hydrazone groups is 1. The summed E-state index contributed by atoms with van der Waals surface area (Å²) in [5, 5.41) is 16.1. The average molecular weight is 306 g/mol. The molecule has 23 heavy (non-hydrogen) atoms. The van der Waals surface area contributed by atoms with E-state index in [1.165, 1.54) is 11.1 Å². The van der Waals surface area contributed by atoms with Crippen LogP contribution in [-0.2, 0) is 6.42 Å². The van der Waals surface area contributed by atoms with Crippen LogP contribution in [-0.4, -0.2) is 26.4 Å². The summed E-state index contributed by atoms with van der Waals surface area (Å²) in [6, 6.07) is 15.9. The number of benzene rings is 2. The molecule has 6 heteroatoms. The maximum Gasteiger partial charge on any atom is 0.162 e. The predicted molar refractivity (Wildman–Crippen MR) is 90.9 cm³/mol. The summed E-state index contributed by atoms with van der Waals surface area (Å²) in [4.78, 5) is 0. The summed E-state index contributed by atoms with van der Waals surface area (Å²) >= 11 is 0. The highest BCUT2D eigenvalue weighted by Crippen LogP contribution is 2.17. The Labute approximate surface area is 134 Å². The number of nitrogens with one attached hydrogen (secondary N) is 1. The minimum atomic E-state index is 0.541. The van der Waals surface area contributed by atoms with Gasteiger partial charge in [0, 0.05) is 12.6 Å². The van der Waals surface area contributed by atoms with Crippen molar-refractivity contribution < 1.29 is 0 Å². The highest BCUT2D eigenvalue weighted by atomic mass is 15.5. The summed E-state index contributed by atoms with van der Waals surface area (Å²) in [6.07, 6.45) is 2.31. The lowest BCUT2D eigenvalue weighted by Crippen LogP contribution is -2.04. The number of tetrazole rings is 1. The van der Waals surface area contributed by atoms with Gasteiger partial charge in [-0.2, -0.15) is 9.78 Å². The molecule has 0 unspecified atom stereocenters. The molecular weight excluding hydrogens is 288 g/mol. The van der Waals surface area contributed by atoms with E-state index in [0.717, 1.165) is 17.2 Å². The van der Waals surface area contributed by atoms with Crippen molar-refractivity contribution in [1.82, 2.24) is 20.2 Å². The molecule has 0 bridgehead atoms. The fraction of sp³-hybridized carbons (Fsp3) is 0.176. The molecule has 0 atom stereocenters. The normalized spacial score (nSPS) is 11.0. The van der Waals surface area contributed by atoms with Gasteiger partial charge >= 0.3 is 0 Å². The van der Waals surface area contributed by atoms with Crippen LogP contribution in [0.1, 0.15) is 17.0 Å². The molecule has 3 rings (SSSR count). The molecule has 0 saturated carbocycles. The lowest BCUT2D eigenvalue weighted by Gasteiger charge is -2.07. The van der Waals surface area contributed by atoms with Crippen LogP contribution in [0.3, 0.4) is 0 Å². The maximum atomic E-state index is 4.27. The molecule has 0 radical (unpaired) electrons. The standard InChI is InChI=1S/C17H18N6/c1-13-7-6-10-16(14(13)2)19-18-12-11-17-20-21-22-23(17)15-8-4-3-5-9-15/h3-10,12,19H,11H2,1-2H3/b18-12+. The largest absolute Gasteiger partial charge is 0.279 e. The van der Waals surface area contributed by atoms with Crippen molar-refractivity contribution in [3.63, 3.8) is 0 Å². The number of hydrogen-bond acceptors (Lipinski definition) is 5. The first-order valence-corrected chi connectivity index (χ1v) is 7.42. The molecule has 1 N–H and O–H groups in total. The quantitative estimate of drug-likeness (QED) is 0.581. The molecule has 0 aliphatic rings. The number of hydrogen-bond donors (Lipinski definition) is 1. The van der Waals surface area contributed by atoms with Gasteiger partial charge in [-0.05, 0) is 53.6 Å². The van der Waals surface area contributed by atoms with Crippen LogP contribution in [0, 0.1) is 13.8 Å². The molecule has 3 aromatic rings. The molecule has 116 valence electrons. The monoisotopic (exact) mass is 306 g/mol. The fourth-order valence-electron chi connectivity index (χ4n) is 2.22. The third-order valence-corrected chi connectivity index (χ3v) is 3.69. The first kappa shape index (κ1) is 14.9. The van der Waals surface area contributed by atoms with E-state index in [1.807, 2.05) is 42.5 Å². The van der Waals surface area contributed by atoms with Gasteiger partial charge < -0.3 is 0 Å². The Kier molecular flexibility index (Phi) is 4.42. The summed E-state index contributed by atoms with van der Waals surface area (Å²) < 4.78 is 1.71. The summed E-state index contributed by atoms with van der Waals surface area (Å²) in [5.74, 6) is 0.739. The first-order chi connectivity index (χ1) is 11.3. The van der Waals surface area contributed by atoms with Gasteiger partial charge in [-0.25, -0.2) is 0 Å². The van der Waals surface area contributed by atoms with Crippen molar-refractivity contribution in [3.05, 3.63) is 65.5 Å². The molecule has 0 fully saturated rings. The molecule has 0 saturated heterocycles. The summed E-state index contributed by atoms with van der Waals surface area (Å²) in [6.45, 7) is 4.15. The van der Waals surface area contributed by atoms with E-state index in [0.29, 0.717) is 6.42 Å². The third-order valence-electron chi connectivity index (χ3n) is 3.69. The van der Waals surface area contributed by atoms with E-state index < -0.39 is 0 Å². The Hall–Kier alpha value is -3.02. The first-order valence-electron chi connectivity index (χ1n) is 7.42. The number of rotatable bonds is 5. The SMILES string of the molecule is Cc1cccc(N/N=C/Cc2nnnn2-c2ccccc2)c1C.